The molecule has 0 saturated heterocycles. The van der Waals surface area contributed by atoms with Crippen molar-refractivity contribution in [3.8, 4) is 0 Å². The lowest BCUT2D eigenvalue weighted by Crippen LogP contribution is -2.36. The van der Waals surface area contributed by atoms with E-state index in [-0.39, 0.29) is 17.8 Å². The largest absolute Gasteiger partial charge is 0.478 e. The van der Waals surface area contributed by atoms with Gasteiger partial charge in [-0.3, -0.25) is 10.1 Å². The summed E-state index contributed by atoms with van der Waals surface area (Å²) in [5, 5.41) is 29.5. The minimum Gasteiger partial charge on any atom is -0.478 e. The lowest BCUT2D eigenvalue weighted by molar-refractivity contribution is -0.384. The zero-order valence-electron chi connectivity index (χ0n) is 11.0. The minimum atomic E-state index is -1.25. The number of aromatic carboxylic acids is 1. The van der Waals surface area contributed by atoms with Crippen LogP contribution >= 0.6 is 0 Å². The molecule has 104 valence electrons. The zero-order valence-corrected chi connectivity index (χ0v) is 11.0. The predicted molar refractivity (Wildman–Crippen MR) is 69.6 cm³/mol. The van der Waals surface area contributed by atoms with E-state index in [0.717, 1.165) is 6.07 Å². The second-order valence-electron chi connectivity index (χ2n) is 4.93. The lowest BCUT2D eigenvalue weighted by Gasteiger charge is -2.28. The molecule has 0 aromatic heterocycles. The molecule has 7 heteroatoms. The number of non-ortho nitro benzene ring substituents is 1. The Labute approximate surface area is 110 Å². The first-order chi connectivity index (χ1) is 8.61. The number of carboxylic acids is 1. The van der Waals surface area contributed by atoms with Gasteiger partial charge in [-0.05, 0) is 19.9 Å². The first-order valence-corrected chi connectivity index (χ1v) is 5.57. The number of nitro groups is 1. The van der Waals surface area contributed by atoms with Gasteiger partial charge in [-0.15, -0.1) is 0 Å². The van der Waals surface area contributed by atoms with Gasteiger partial charge in [0.25, 0.3) is 5.69 Å². The van der Waals surface area contributed by atoms with Gasteiger partial charge in [-0.25, -0.2) is 4.79 Å². The molecule has 0 atom stereocenters. The van der Waals surface area contributed by atoms with E-state index in [2.05, 4.69) is 0 Å². The molecule has 7 nitrogen and oxygen atoms in total. The van der Waals surface area contributed by atoms with Crippen LogP contribution in [0.3, 0.4) is 0 Å². The summed E-state index contributed by atoms with van der Waals surface area (Å²) in [6, 6.07) is 3.62. The average Bonchev–Trinajstić information content (AvgIpc) is 2.25. The number of anilines is 1. The van der Waals surface area contributed by atoms with Crippen molar-refractivity contribution in [3.05, 3.63) is 33.9 Å². The van der Waals surface area contributed by atoms with Gasteiger partial charge in [0.2, 0.25) is 0 Å². The summed E-state index contributed by atoms with van der Waals surface area (Å²) < 4.78 is 0. The smallest absolute Gasteiger partial charge is 0.338 e. The van der Waals surface area contributed by atoms with Crippen LogP contribution in [0, 0.1) is 10.1 Å². The van der Waals surface area contributed by atoms with Gasteiger partial charge in [0, 0.05) is 25.7 Å². The SMILES string of the molecule is CN(CC(C)(C)O)c1ccc([N+](=O)[O-])cc1C(=O)O. The summed E-state index contributed by atoms with van der Waals surface area (Å²) in [6.45, 7) is 3.38. The predicted octanol–water partition coefficient (Wildman–Crippen LogP) is 1.50. The fourth-order valence-corrected chi connectivity index (χ4v) is 1.81. The first-order valence-electron chi connectivity index (χ1n) is 5.57. The van der Waals surface area contributed by atoms with Crippen molar-refractivity contribution in [1.82, 2.24) is 0 Å². The van der Waals surface area contributed by atoms with Gasteiger partial charge in [-0.2, -0.15) is 0 Å². The Morgan fingerprint density at radius 2 is 2.05 bits per heavy atom. The second kappa shape index (κ2) is 5.23. The quantitative estimate of drug-likeness (QED) is 0.619. The maximum atomic E-state index is 11.2. The zero-order chi connectivity index (χ0) is 14.8. The molecular formula is C12H16N2O5. The van der Waals surface area contributed by atoms with E-state index in [9.17, 15) is 20.0 Å². The number of benzene rings is 1. The Kier molecular flexibility index (Phi) is 4.10. The number of nitrogens with zero attached hydrogens (tertiary/aromatic N) is 2. The summed E-state index contributed by atoms with van der Waals surface area (Å²) in [6.07, 6.45) is 0. The van der Waals surface area contributed by atoms with Crippen LogP contribution in [0.4, 0.5) is 11.4 Å². The number of nitro benzene ring substituents is 1. The molecule has 1 aromatic carbocycles. The van der Waals surface area contributed by atoms with Crippen LogP contribution in [0.5, 0.6) is 0 Å². The molecule has 0 aliphatic rings. The molecule has 0 aliphatic carbocycles. The Balaban J connectivity index is 3.20. The molecular weight excluding hydrogens is 252 g/mol. The normalized spacial score (nSPS) is 11.2. The van der Waals surface area contributed by atoms with E-state index >= 15 is 0 Å². The number of hydrogen-bond acceptors (Lipinski definition) is 5. The first kappa shape index (κ1) is 14.9. The van der Waals surface area contributed by atoms with Crippen LogP contribution < -0.4 is 4.90 Å². The van der Waals surface area contributed by atoms with Crippen molar-refractivity contribution < 1.29 is 19.9 Å². The molecule has 0 heterocycles. The highest BCUT2D eigenvalue weighted by Crippen LogP contribution is 2.25. The number of hydrogen-bond donors (Lipinski definition) is 2. The van der Waals surface area contributed by atoms with Crippen molar-refractivity contribution in [2.75, 3.05) is 18.5 Å². The summed E-state index contributed by atoms with van der Waals surface area (Å²) in [4.78, 5) is 22.7. The van der Waals surface area contributed by atoms with E-state index in [1.807, 2.05) is 0 Å². The van der Waals surface area contributed by atoms with Crippen LogP contribution in [-0.4, -0.2) is 40.3 Å². The van der Waals surface area contributed by atoms with Gasteiger partial charge in [-0.1, -0.05) is 0 Å². The van der Waals surface area contributed by atoms with Crippen LogP contribution in [-0.2, 0) is 0 Å². The van der Waals surface area contributed by atoms with Crippen LogP contribution in [0.25, 0.3) is 0 Å². The highest BCUT2D eigenvalue weighted by Gasteiger charge is 2.22. The van der Waals surface area contributed by atoms with Gasteiger partial charge in [0.1, 0.15) is 0 Å². The van der Waals surface area contributed by atoms with E-state index in [1.165, 1.54) is 12.1 Å². The highest BCUT2D eigenvalue weighted by atomic mass is 16.6. The second-order valence-corrected chi connectivity index (χ2v) is 4.93. The molecule has 0 amide bonds. The van der Waals surface area contributed by atoms with Crippen LogP contribution in [0.15, 0.2) is 18.2 Å². The Morgan fingerprint density at radius 3 is 2.47 bits per heavy atom. The molecule has 1 aromatic rings. The fourth-order valence-electron chi connectivity index (χ4n) is 1.81. The molecule has 0 unspecified atom stereocenters. The van der Waals surface area contributed by atoms with Crippen LogP contribution in [0.2, 0.25) is 0 Å². The van der Waals surface area contributed by atoms with E-state index < -0.39 is 16.5 Å². The van der Waals surface area contributed by atoms with E-state index in [4.69, 9.17) is 5.11 Å². The lowest BCUT2D eigenvalue weighted by atomic mass is 10.1. The average molecular weight is 268 g/mol. The number of carbonyl (C=O) groups is 1. The van der Waals surface area contributed by atoms with E-state index in [1.54, 1.807) is 25.8 Å². The third-order valence-corrected chi connectivity index (χ3v) is 2.46. The van der Waals surface area contributed by atoms with Gasteiger partial charge < -0.3 is 15.1 Å². The number of likely N-dealkylation sites (N-methyl/N-ethyl adjacent to an activating group) is 1. The number of carboxylic acid groups (broad SMARTS) is 1. The molecule has 0 aliphatic heterocycles. The standard InChI is InChI=1S/C12H16N2O5/c1-12(2,17)7-13(3)10-5-4-8(14(18)19)6-9(10)11(15)16/h4-6,17H,7H2,1-3H3,(H,15,16). The molecule has 0 radical (unpaired) electrons. The van der Waals surface area contributed by atoms with Crippen molar-refractivity contribution in [2.45, 2.75) is 19.4 Å². The van der Waals surface area contributed by atoms with Gasteiger partial charge in [0.15, 0.2) is 0 Å². The van der Waals surface area contributed by atoms with Crippen molar-refractivity contribution >= 4 is 17.3 Å². The third-order valence-electron chi connectivity index (χ3n) is 2.46. The Hall–Kier alpha value is -2.15. The summed E-state index contributed by atoms with van der Waals surface area (Å²) >= 11 is 0. The molecule has 2 N–H and O–H groups in total. The Morgan fingerprint density at radius 1 is 1.47 bits per heavy atom. The van der Waals surface area contributed by atoms with Crippen molar-refractivity contribution in [1.29, 1.82) is 0 Å². The fraction of sp³-hybridized carbons (Fsp3) is 0.417. The Bertz CT molecular complexity index is 507. The van der Waals surface area contributed by atoms with Crippen molar-refractivity contribution in [3.63, 3.8) is 0 Å². The summed E-state index contributed by atoms with van der Waals surface area (Å²) in [5.74, 6) is -1.25. The molecule has 0 bridgehead atoms. The summed E-state index contributed by atoms with van der Waals surface area (Å²) in [5.41, 5.74) is -1.13. The topological polar surface area (TPSA) is 104 Å². The van der Waals surface area contributed by atoms with Gasteiger partial charge >= 0.3 is 5.97 Å². The van der Waals surface area contributed by atoms with Crippen molar-refractivity contribution in [2.24, 2.45) is 0 Å². The maximum Gasteiger partial charge on any atom is 0.338 e. The molecule has 0 saturated carbocycles. The van der Waals surface area contributed by atoms with Gasteiger partial charge in [0.05, 0.1) is 21.8 Å². The minimum absolute atomic E-state index is 0.166. The molecule has 19 heavy (non-hydrogen) atoms. The number of rotatable bonds is 5. The van der Waals surface area contributed by atoms with E-state index in [0.29, 0.717) is 5.69 Å². The highest BCUT2D eigenvalue weighted by molar-refractivity contribution is 5.95. The molecule has 0 fully saturated rings. The maximum absolute atomic E-state index is 11.2. The molecule has 0 spiro atoms. The monoisotopic (exact) mass is 268 g/mol. The number of aliphatic hydroxyl groups is 1. The summed E-state index contributed by atoms with van der Waals surface area (Å²) in [7, 11) is 1.62. The van der Waals surface area contributed by atoms with Crippen LogP contribution in [0.1, 0.15) is 24.2 Å². The molecule has 1 rings (SSSR count). The third kappa shape index (κ3) is 3.92.